The minimum absolute atomic E-state index is 0.0968. The molecule has 9 nitrogen and oxygen atoms in total. The monoisotopic (exact) mass is 465 g/mol. The highest BCUT2D eigenvalue weighted by Crippen LogP contribution is 2.38. The summed E-state index contributed by atoms with van der Waals surface area (Å²) in [6, 6.07) is 11.2. The Morgan fingerprint density at radius 3 is 2.44 bits per heavy atom. The number of methoxy groups -OCH3 is 1. The van der Waals surface area contributed by atoms with Crippen molar-refractivity contribution in [3.8, 4) is 0 Å². The third-order valence-corrected chi connectivity index (χ3v) is 6.57. The number of carbonyl (C=O) groups excluding carboxylic acids is 3. The van der Waals surface area contributed by atoms with Gasteiger partial charge in [0.2, 0.25) is 5.91 Å². The normalized spacial score (nSPS) is 18.1. The number of likely N-dealkylation sites (tertiary alicyclic amines) is 1. The zero-order chi connectivity index (χ0) is 24.1. The number of hydrogen-bond acceptors (Lipinski definition) is 6. The van der Waals surface area contributed by atoms with Gasteiger partial charge in [0.05, 0.1) is 13.2 Å². The Morgan fingerprint density at radius 2 is 1.82 bits per heavy atom. The number of pyridine rings is 1. The summed E-state index contributed by atoms with van der Waals surface area (Å²) in [5.74, 6) is -0.225. The second kappa shape index (κ2) is 10.3. The van der Waals surface area contributed by atoms with Gasteiger partial charge in [0.15, 0.2) is 0 Å². The van der Waals surface area contributed by atoms with Crippen LogP contribution in [-0.4, -0.2) is 76.4 Å². The highest BCUT2D eigenvalue weighted by atomic mass is 16.5. The molecule has 34 heavy (non-hydrogen) atoms. The van der Waals surface area contributed by atoms with E-state index in [4.69, 9.17) is 4.74 Å². The molecule has 1 spiro atoms. The van der Waals surface area contributed by atoms with Crippen LogP contribution in [-0.2, 0) is 27.4 Å². The highest BCUT2D eigenvalue weighted by Gasteiger charge is 2.57. The van der Waals surface area contributed by atoms with E-state index in [-0.39, 0.29) is 24.4 Å². The molecule has 0 unspecified atom stereocenters. The number of imide groups is 1. The number of hydrogen-bond donors (Lipinski definition) is 1. The predicted molar refractivity (Wildman–Crippen MR) is 127 cm³/mol. The number of amides is 4. The maximum absolute atomic E-state index is 13.6. The molecule has 4 rings (SSSR count). The van der Waals surface area contributed by atoms with Gasteiger partial charge in [0, 0.05) is 58.3 Å². The third-order valence-electron chi connectivity index (χ3n) is 6.57. The molecule has 9 heteroatoms. The first-order valence-electron chi connectivity index (χ1n) is 11.5. The van der Waals surface area contributed by atoms with Crippen LogP contribution in [0.4, 0.5) is 10.5 Å². The molecule has 1 N–H and O–H groups in total. The van der Waals surface area contributed by atoms with Crippen molar-refractivity contribution in [1.29, 1.82) is 0 Å². The molecule has 0 atom stereocenters. The Morgan fingerprint density at radius 1 is 1.09 bits per heavy atom. The van der Waals surface area contributed by atoms with Gasteiger partial charge in [-0.1, -0.05) is 18.2 Å². The van der Waals surface area contributed by atoms with Crippen LogP contribution in [0.3, 0.4) is 0 Å². The van der Waals surface area contributed by atoms with Crippen LogP contribution in [0.1, 0.15) is 30.9 Å². The predicted octanol–water partition coefficient (Wildman–Crippen LogP) is 2.49. The summed E-state index contributed by atoms with van der Waals surface area (Å²) in [5, 5.41) is 2.77. The molecule has 2 saturated heterocycles. The fraction of sp³-hybridized carbons (Fsp3) is 0.440. The average molecular weight is 466 g/mol. The second-order valence-corrected chi connectivity index (χ2v) is 8.87. The van der Waals surface area contributed by atoms with Crippen molar-refractivity contribution in [3.63, 3.8) is 0 Å². The summed E-state index contributed by atoms with van der Waals surface area (Å²) < 4.78 is 5.24. The lowest BCUT2D eigenvalue weighted by Crippen LogP contribution is -2.57. The first-order valence-corrected chi connectivity index (χ1v) is 11.5. The summed E-state index contributed by atoms with van der Waals surface area (Å²) in [6.45, 7) is 4.63. The molecular formula is C25H31N5O4. The van der Waals surface area contributed by atoms with Crippen LogP contribution in [0.15, 0.2) is 48.8 Å². The topological polar surface area (TPSA) is 95.1 Å². The summed E-state index contributed by atoms with van der Waals surface area (Å²) in [5.41, 5.74) is 1.90. The number of urea groups is 1. The molecular weight excluding hydrogens is 434 g/mol. The van der Waals surface area contributed by atoms with Gasteiger partial charge < -0.3 is 15.0 Å². The molecule has 2 aromatic rings. The van der Waals surface area contributed by atoms with Crippen LogP contribution in [0.25, 0.3) is 0 Å². The van der Waals surface area contributed by atoms with E-state index < -0.39 is 5.54 Å². The maximum Gasteiger partial charge on any atom is 0.328 e. The molecule has 2 fully saturated rings. The summed E-state index contributed by atoms with van der Waals surface area (Å²) in [6.07, 6.45) is 4.51. The van der Waals surface area contributed by atoms with Crippen LogP contribution in [0, 0.1) is 0 Å². The van der Waals surface area contributed by atoms with E-state index in [1.165, 1.54) is 11.8 Å². The van der Waals surface area contributed by atoms with Crippen molar-refractivity contribution in [1.82, 2.24) is 19.7 Å². The molecule has 2 aliphatic heterocycles. The van der Waals surface area contributed by atoms with Crippen molar-refractivity contribution in [3.05, 3.63) is 59.9 Å². The average Bonchev–Trinajstić information content (AvgIpc) is 3.02. The Balaban J connectivity index is 1.45. The van der Waals surface area contributed by atoms with Gasteiger partial charge in [-0.2, -0.15) is 0 Å². The number of carbonyl (C=O) groups is 3. The van der Waals surface area contributed by atoms with Crippen LogP contribution in [0.2, 0.25) is 0 Å². The van der Waals surface area contributed by atoms with E-state index >= 15 is 0 Å². The van der Waals surface area contributed by atoms with Crippen LogP contribution in [0.5, 0.6) is 0 Å². The standard InChI is InChI=1S/C25H31N5O4/c1-19(31)27-22-7-5-20(6-8-22)17-28-12-9-25(10-13-28)23(32)29(18-21-4-3-11-26-16-21)24(33)30(25)14-15-34-2/h3-8,11,16H,9-10,12-15,17-18H2,1-2H3,(H,27,31). The Labute approximate surface area is 199 Å². The van der Waals surface area contributed by atoms with E-state index in [1.54, 1.807) is 30.5 Å². The summed E-state index contributed by atoms with van der Waals surface area (Å²) in [7, 11) is 1.60. The van der Waals surface area contributed by atoms with Gasteiger partial charge >= 0.3 is 6.03 Å². The molecule has 3 heterocycles. The molecule has 180 valence electrons. The molecule has 4 amide bonds. The Bertz CT molecular complexity index is 1020. The maximum atomic E-state index is 13.6. The van der Waals surface area contributed by atoms with E-state index in [9.17, 15) is 14.4 Å². The Kier molecular flexibility index (Phi) is 7.23. The molecule has 2 aliphatic rings. The quantitative estimate of drug-likeness (QED) is 0.602. The molecule has 1 aromatic heterocycles. The number of aromatic nitrogens is 1. The van der Waals surface area contributed by atoms with Crippen LogP contribution < -0.4 is 5.32 Å². The number of anilines is 1. The van der Waals surface area contributed by atoms with Gasteiger partial charge in [0.25, 0.3) is 5.91 Å². The van der Waals surface area contributed by atoms with Crippen molar-refractivity contribution in [2.75, 3.05) is 38.7 Å². The Hall–Kier alpha value is -3.30. The first-order chi connectivity index (χ1) is 16.4. The number of nitrogens with zero attached hydrogens (tertiary/aromatic N) is 4. The summed E-state index contributed by atoms with van der Waals surface area (Å²) in [4.78, 5) is 47.6. The lowest BCUT2D eigenvalue weighted by molar-refractivity contribution is -0.136. The molecule has 0 bridgehead atoms. The van der Waals surface area contributed by atoms with Gasteiger partial charge in [-0.05, 0) is 42.2 Å². The smallest absolute Gasteiger partial charge is 0.328 e. The SMILES string of the molecule is COCCN1C(=O)N(Cc2cccnc2)C(=O)C12CCN(Cc1ccc(NC(C)=O)cc1)CC2. The van der Waals surface area contributed by atoms with Gasteiger partial charge in [-0.25, -0.2) is 4.79 Å². The molecule has 1 aromatic carbocycles. The van der Waals surface area contributed by atoms with Crippen molar-refractivity contribution in [2.24, 2.45) is 0 Å². The van der Waals surface area contributed by atoms with Crippen molar-refractivity contribution in [2.45, 2.75) is 38.4 Å². The van der Waals surface area contributed by atoms with E-state index in [1.807, 2.05) is 30.3 Å². The molecule has 0 radical (unpaired) electrons. The fourth-order valence-electron chi connectivity index (χ4n) is 4.81. The zero-order valence-electron chi connectivity index (χ0n) is 19.7. The number of benzene rings is 1. The van der Waals surface area contributed by atoms with Crippen LogP contribution >= 0.6 is 0 Å². The second-order valence-electron chi connectivity index (χ2n) is 8.87. The lowest BCUT2D eigenvalue weighted by Gasteiger charge is -2.42. The van der Waals surface area contributed by atoms with Gasteiger partial charge in [-0.3, -0.25) is 24.4 Å². The van der Waals surface area contributed by atoms with Gasteiger partial charge in [0.1, 0.15) is 5.54 Å². The zero-order valence-corrected chi connectivity index (χ0v) is 19.7. The fourth-order valence-corrected chi connectivity index (χ4v) is 4.81. The number of nitrogens with one attached hydrogen (secondary N) is 1. The van der Waals surface area contributed by atoms with Gasteiger partial charge in [-0.15, -0.1) is 0 Å². The van der Waals surface area contributed by atoms with E-state index in [0.717, 1.165) is 23.4 Å². The van der Waals surface area contributed by atoms with Crippen molar-refractivity contribution >= 4 is 23.5 Å². The number of piperidine rings is 1. The van der Waals surface area contributed by atoms with E-state index in [0.29, 0.717) is 39.1 Å². The molecule has 0 saturated carbocycles. The van der Waals surface area contributed by atoms with E-state index in [2.05, 4.69) is 15.2 Å². The lowest BCUT2D eigenvalue weighted by atomic mass is 9.85. The largest absolute Gasteiger partial charge is 0.383 e. The third kappa shape index (κ3) is 4.95. The minimum Gasteiger partial charge on any atom is -0.383 e. The number of rotatable bonds is 8. The minimum atomic E-state index is -0.830. The highest BCUT2D eigenvalue weighted by molar-refractivity contribution is 6.07. The molecule has 0 aliphatic carbocycles. The van der Waals surface area contributed by atoms with Crippen molar-refractivity contribution < 1.29 is 19.1 Å². The first kappa shape index (κ1) is 23.8. The summed E-state index contributed by atoms with van der Waals surface area (Å²) >= 11 is 0. The number of ether oxygens (including phenoxy) is 1.